The molecule has 34 heavy (non-hydrogen) atoms. The number of Topliss-reactive ketones (excluding diaryl/α,β-unsaturated/α-hetero) is 1. The maximum atomic E-state index is 12.5. The van der Waals surface area contributed by atoms with Crippen LogP contribution in [0.5, 0.6) is 5.75 Å². The second-order valence-electron chi connectivity index (χ2n) is 7.64. The van der Waals surface area contributed by atoms with E-state index in [4.69, 9.17) is 4.74 Å². The van der Waals surface area contributed by atoms with Gasteiger partial charge >= 0.3 is 0 Å². The summed E-state index contributed by atoms with van der Waals surface area (Å²) in [5.74, 6) is 1.33. The van der Waals surface area contributed by atoms with Crippen molar-refractivity contribution in [3.05, 3.63) is 95.8 Å². The van der Waals surface area contributed by atoms with E-state index in [1.807, 2.05) is 66.1 Å². The zero-order chi connectivity index (χ0) is 23.9. The second kappa shape index (κ2) is 10.8. The first-order chi connectivity index (χ1) is 16.5. The number of hydrogen-bond acceptors (Lipinski definition) is 6. The van der Waals surface area contributed by atoms with Crippen molar-refractivity contribution >= 4 is 29.1 Å². The highest BCUT2D eigenvalue weighted by Gasteiger charge is 2.17. The Balaban J connectivity index is 1.47. The van der Waals surface area contributed by atoms with E-state index < -0.39 is 0 Å². The Morgan fingerprint density at radius 1 is 0.941 bits per heavy atom. The number of amides is 1. The zero-order valence-electron chi connectivity index (χ0n) is 18.9. The standard InChI is InChI=1S/C26H24N4O3S/c1-18-8-14-22(15-9-18)30-24(16-33-23-6-4-3-5-7-23)28-29-26(30)34-17-25(32)27-21-12-10-20(11-13-21)19(2)31/h3-15H,16-17H2,1-2H3,(H,27,32). The molecule has 0 spiro atoms. The third kappa shape index (κ3) is 5.90. The lowest BCUT2D eigenvalue weighted by molar-refractivity contribution is -0.113. The molecule has 0 bridgehead atoms. The number of hydrogen-bond donors (Lipinski definition) is 1. The molecule has 4 aromatic rings. The minimum atomic E-state index is -0.180. The van der Waals surface area contributed by atoms with Crippen LogP contribution >= 0.6 is 11.8 Å². The fourth-order valence-electron chi connectivity index (χ4n) is 3.22. The minimum Gasteiger partial charge on any atom is -0.486 e. The van der Waals surface area contributed by atoms with Crippen molar-refractivity contribution in [2.45, 2.75) is 25.6 Å². The van der Waals surface area contributed by atoms with Crippen LogP contribution < -0.4 is 10.1 Å². The SMILES string of the molecule is CC(=O)c1ccc(NC(=O)CSc2nnc(COc3ccccc3)n2-c2ccc(C)cc2)cc1. The lowest BCUT2D eigenvalue weighted by Gasteiger charge is -2.12. The van der Waals surface area contributed by atoms with Crippen molar-refractivity contribution < 1.29 is 14.3 Å². The van der Waals surface area contributed by atoms with Gasteiger partial charge in [-0.2, -0.15) is 0 Å². The number of ketones is 1. The maximum absolute atomic E-state index is 12.5. The van der Waals surface area contributed by atoms with Gasteiger partial charge in [-0.05, 0) is 62.4 Å². The lowest BCUT2D eigenvalue weighted by Crippen LogP contribution is -2.15. The summed E-state index contributed by atoms with van der Waals surface area (Å²) in [6.45, 7) is 3.77. The molecule has 3 aromatic carbocycles. The predicted octanol–water partition coefficient (Wildman–Crippen LogP) is 5.09. The zero-order valence-corrected chi connectivity index (χ0v) is 19.7. The monoisotopic (exact) mass is 472 g/mol. The molecule has 172 valence electrons. The van der Waals surface area contributed by atoms with Crippen LogP contribution in [0.4, 0.5) is 5.69 Å². The van der Waals surface area contributed by atoms with Gasteiger partial charge in [-0.3, -0.25) is 14.2 Å². The number of para-hydroxylation sites is 1. The van der Waals surface area contributed by atoms with E-state index in [9.17, 15) is 9.59 Å². The summed E-state index contributed by atoms with van der Waals surface area (Å²) in [6, 6.07) is 24.4. The van der Waals surface area contributed by atoms with Gasteiger partial charge in [0.2, 0.25) is 5.91 Å². The molecule has 1 N–H and O–H groups in total. The van der Waals surface area contributed by atoms with Crippen molar-refractivity contribution in [3.8, 4) is 11.4 Å². The molecule has 8 heteroatoms. The van der Waals surface area contributed by atoms with Gasteiger partial charge in [-0.15, -0.1) is 10.2 Å². The molecule has 0 atom stereocenters. The van der Waals surface area contributed by atoms with Crippen LogP contribution in [0, 0.1) is 6.92 Å². The average Bonchev–Trinajstić information content (AvgIpc) is 3.25. The van der Waals surface area contributed by atoms with Crippen molar-refractivity contribution in [1.82, 2.24) is 14.8 Å². The molecule has 0 saturated carbocycles. The van der Waals surface area contributed by atoms with Gasteiger partial charge in [0, 0.05) is 16.9 Å². The highest BCUT2D eigenvalue weighted by molar-refractivity contribution is 7.99. The molecule has 0 aliphatic heterocycles. The molecule has 1 amide bonds. The Labute approximate surface area is 202 Å². The first-order valence-corrected chi connectivity index (χ1v) is 11.7. The van der Waals surface area contributed by atoms with Crippen LogP contribution in [-0.4, -0.2) is 32.2 Å². The van der Waals surface area contributed by atoms with E-state index in [-0.39, 0.29) is 24.1 Å². The number of carbonyl (C=O) groups excluding carboxylic acids is 2. The number of nitrogens with zero attached hydrogens (tertiary/aromatic N) is 3. The third-order valence-electron chi connectivity index (χ3n) is 5.01. The lowest BCUT2D eigenvalue weighted by atomic mass is 10.1. The van der Waals surface area contributed by atoms with Crippen molar-refractivity contribution in [2.24, 2.45) is 0 Å². The number of nitrogens with one attached hydrogen (secondary N) is 1. The van der Waals surface area contributed by atoms with Crippen molar-refractivity contribution in [1.29, 1.82) is 0 Å². The molecule has 0 radical (unpaired) electrons. The van der Waals surface area contributed by atoms with E-state index in [2.05, 4.69) is 15.5 Å². The van der Waals surface area contributed by atoms with Crippen LogP contribution in [0.15, 0.2) is 84.0 Å². The van der Waals surface area contributed by atoms with Crippen LogP contribution in [0.3, 0.4) is 0 Å². The Morgan fingerprint density at radius 3 is 2.32 bits per heavy atom. The number of aryl methyl sites for hydroxylation is 1. The Hall–Kier alpha value is -3.91. The van der Waals surface area contributed by atoms with Crippen molar-refractivity contribution in [2.75, 3.05) is 11.1 Å². The molecule has 1 aromatic heterocycles. The highest BCUT2D eigenvalue weighted by Crippen LogP contribution is 2.24. The third-order valence-corrected chi connectivity index (χ3v) is 5.94. The summed E-state index contributed by atoms with van der Waals surface area (Å²) < 4.78 is 7.79. The number of benzene rings is 3. The summed E-state index contributed by atoms with van der Waals surface area (Å²) in [5, 5.41) is 12.1. The molecular formula is C26H24N4O3S. The predicted molar refractivity (Wildman–Crippen MR) is 133 cm³/mol. The molecule has 0 saturated heterocycles. The molecule has 0 aliphatic carbocycles. The number of anilines is 1. The number of aromatic nitrogens is 3. The summed E-state index contributed by atoms with van der Waals surface area (Å²) in [4.78, 5) is 24.0. The van der Waals surface area contributed by atoms with E-state index in [0.29, 0.717) is 22.2 Å². The van der Waals surface area contributed by atoms with Gasteiger partial charge in [0.25, 0.3) is 0 Å². The molecule has 7 nitrogen and oxygen atoms in total. The molecule has 1 heterocycles. The average molecular weight is 473 g/mol. The van der Waals surface area contributed by atoms with Gasteiger partial charge in [0.1, 0.15) is 12.4 Å². The van der Waals surface area contributed by atoms with Crippen LogP contribution in [0.1, 0.15) is 28.7 Å². The van der Waals surface area contributed by atoms with Crippen LogP contribution in [0.2, 0.25) is 0 Å². The number of carbonyl (C=O) groups is 2. The summed E-state index contributed by atoms with van der Waals surface area (Å²) in [5.41, 5.74) is 3.27. The summed E-state index contributed by atoms with van der Waals surface area (Å²) >= 11 is 1.29. The summed E-state index contributed by atoms with van der Waals surface area (Å²) in [6.07, 6.45) is 0. The van der Waals surface area contributed by atoms with Gasteiger partial charge in [-0.25, -0.2) is 0 Å². The molecule has 4 rings (SSSR count). The Kier molecular flexibility index (Phi) is 7.39. The first kappa shape index (κ1) is 23.3. The quantitative estimate of drug-likeness (QED) is 0.270. The van der Waals surface area contributed by atoms with E-state index >= 15 is 0 Å². The molecule has 0 aliphatic rings. The fraction of sp³-hybridized carbons (Fsp3) is 0.154. The fourth-order valence-corrected chi connectivity index (χ4v) is 3.99. The van der Waals surface area contributed by atoms with Crippen LogP contribution in [0.25, 0.3) is 5.69 Å². The Morgan fingerprint density at radius 2 is 1.65 bits per heavy atom. The highest BCUT2D eigenvalue weighted by atomic mass is 32.2. The van der Waals surface area contributed by atoms with Gasteiger partial charge < -0.3 is 10.1 Å². The van der Waals surface area contributed by atoms with Crippen LogP contribution in [-0.2, 0) is 11.4 Å². The van der Waals surface area contributed by atoms with E-state index in [1.165, 1.54) is 18.7 Å². The summed E-state index contributed by atoms with van der Waals surface area (Å²) in [7, 11) is 0. The molecule has 0 fully saturated rings. The smallest absolute Gasteiger partial charge is 0.234 e. The topological polar surface area (TPSA) is 86.1 Å². The number of thioether (sulfide) groups is 1. The maximum Gasteiger partial charge on any atom is 0.234 e. The van der Waals surface area contributed by atoms with Gasteiger partial charge in [-0.1, -0.05) is 47.7 Å². The largest absolute Gasteiger partial charge is 0.486 e. The van der Waals surface area contributed by atoms with Gasteiger partial charge in [0.15, 0.2) is 16.8 Å². The number of rotatable bonds is 9. The normalized spacial score (nSPS) is 10.6. The van der Waals surface area contributed by atoms with E-state index in [0.717, 1.165) is 17.0 Å². The van der Waals surface area contributed by atoms with E-state index in [1.54, 1.807) is 24.3 Å². The second-order valence-corrected chi connectivity index (χ2v) is 8.58. The van der Waals surface area contributed by atoms with Gasteiger partial charge in [0.05, 0.1) is 5.75 Å². The molecule has 0 unspecified atom stereocenters. The molecular weight excluding hydrogens is 448 g/mol. The minimum absolute atomic E-state index is 0.0177. The van der Waals surface area contributed by atoms with Crippen molar-refractivity contribution in [3.63, 3.8) is 0 Å². The number of ether oxygens (including phenoxy) is 1. The first-order valence-electron chi connectivity index (χ1n) is 10.7. The Bertz CT molecular complexity index is 1270.